The fourth-order valence-electron chi connectivity index (χ4n) is 4.06. The van der Waals surface area contributed by atoms with Gasteiger partial charge in [0.2, 0.25) is 5.91 Å². The number of amides is 1. The number of fused-ring (bicyclic) bond motifs is 1. The topological polar surface area (TPSA) is 76.2 Å². The summed E-state index contributed by atoms with van der Waals surface area (Å²) >= 11 is 5.99. The Labute approximate surface area is 180 Å². The second kappa shape index (κ2) is 8.66. The number of nitrogens with zero attached hydrogens (tertiary/aromatic N) is 1. The lowest BCUT2D eigenvalue weighted by atomic mass is 9.88. The molecule has 158 valence electrons. The van der Waals surface area contributed by atoms with Crippen LogP contribution in [0.2, 0.25) is 5.15 Å². The van der Waals surface area contributed by atoms with Gasteiger partial charge in [0.1, 0.15) is 10.9 Å². The molecule has 6 nitrogen and oxygen atoms in total. The summed E-state index contributed by atoms with van der Waals surface area (Å²) in [5.41, 5.74) is 2.67. The second-order valence-electron chi connectivity index (χ2n) is 8.01. The van der Waals surface area contributed by atoms with E-state index in [2.05, 4.69) is 15.3 Å². The van der Waals surface area contributed by atoms with Crippen molar-refractivity contribution in [3.05, 3.63) is 59.0 Å². The number of carbonyl (C=O) groups is 1. The van der Waals surface area contributed by atoms with Gasteiger partial charge < -0.3 is 19.8 Å². The van der Waals surface area contributed by atoms with Crippen molar-refractivity contribution < 1.29 is 14.3 Å². The fourth-order valence-corrected chi connectivity index (χ4v) is 4.17. The smallest absolute Gasteiger partial charge is 0.221 e. The Hall–Kier alpha value is -2.57. The minimum Gasteiger partial charge on any atom is -0.497 e. The summed E-state index contributed by atoms with van der Waals surface area (Å²) in [6, 6.07) is 9.56. The first-order chi connectivity index (χ1) is 14.5. The van der Waals surface area contributed by atoms with Crippen LogP contribution in [0.3, 0.4) is 0 Å². The van der Waals surface area contributed by atoms with Crippen LogP contribution in [0.15, 0.2) is 42.7 Å². The highest BCUT2D eigenvalue weighted by atomic mass is 35.5. The third-order valence-electron chi connectivity index (χ3n) is 5.80. The summed E-state index contributed by atoms with van der Waals surface area (Å²) in [6.07, 6.45) is 5.98. The Morgan fingerprint density at radius 3 is 2.97 bits per heavy atom. The van der Waals surface area contributed by atoms with Crippen LogP contribution in [0.1, 0.15) is 43.2 Å². The number of carbonyl (C=O) groups excluding carboxylic acids is 1. The quantitative estimate of drug-likeness (QED) is 0.547. The van der Waals surface area contributed by atoms with Crippen molar-refractivity contribution in [1.29, 1.82) is 0 Å². The van der Waals surface area contributed by atoms with Gasteiger partial charge in [0, 0.05) is 48.8 Å². The van der Waals surface area contributed by atoms with Crippen LogP contribution in [-0.4, -0.2) is 41.7 Å². The third-order valence-corrected chi connectivity index (χ3v) is 6.02. The number of H-pyrrole nitrogens is 1. The molecule has 3 heterocycles. The van der Waals surface area contributed by atoms with Gasteiger partial charge in [-0.15, -0.1) is 0 Å². The normalized spacial score (nSPS) is 19.7. The van der Waals surface area contributed by atoms with E-state index in [1.54, 1.807) is 19.4 Å². The van der Waals surface area contributed by atoms with E-state index >= 15 is 0 Å². The van der Waals surface area contributed by atoms with Crippen LogP contribution in [0.25, 0.3) is 10.9 Å². The van der Waals surface area contributed by atoms with Gasteiger partial charge in [-0.3, -0.25) is 4.79 Å². The van der Waals surface area contributed by atoms with Crippen LogP contribution in [0.5, 0.6) is 5.75 Å². The molecule has 2 atom stereocenters. The average molecular weight is 428 g/mol. The van der Waals surface area contributed by atoms with E-state index in [1.165, 1.54) is 0 Å². The largest absolute Gasteiger partial charge is 0.497 e. The Kier molecular flexibility index (Phi) is 5.97. The molecular formula is C23H26ClN3O3. The molecule has 30 heavy (non-hydrogen) atoms. The zero-order chi connectivity index (χ0) is 21.1. The van der Waals surface area contributed by atoms with E-state index in [9.17, 15) is 4.79 Å². The summed E-state index contributed by atoms with van der Waals surface area (Å²) in [4.78, 5) is 20.4. The Morgan fingerprint density at radius 2 is 2.27 bits per heavy atom. The predicted octanol–water partition coefficient (Wildman–Crippen LogP) is 4.43. The van der Waals surface area contributed by atoms with E-state index in [0.29, 0.717) is 18.1 Å². The van der Waals surface area contributed by atoms with Gasteiger partial charge >= 0.3 is 0 Å². The van der Waals surface area contributed by atoms with Gasteiger partial charge in [-0.25, -0.2) is 4.98 Å². The van der Waals surface area contributed by atoms with E-state index in [1.807, 2.05) is 37.4 Å². The van der Waals surface area contributed by atoms with Crippen LogP contribution >= 0.6 is 11.6 Å². The SMILES string of the molecule is COc1ccc2[nH]cc(C(CC(=O)NCC3(C)CCCO3)c3ccc(Cl)nc3)c2c1. The molecule has 3 aromatic rings. The summed E-state index contributed by atoms with van der Waals surface area (Å²) in [5.74, 6) is 0.573. The first-order valence-corrected chi connectivity index (χ1v) is 10.5. The molecule has 1 aliphatic rings. The molecule has 1 aromatic carbocycles. The Bertz CT molecular complexity index is 1030. The third kappa shape index (κ3) is 4.45. The molecule has 0 radical (unpaired) electrons. The number of methoxy groups -OCH3 is 1. The first-order valence-electron chi connectivity index (χ1n) is 10.1. The summed E-state index contributed by atoms with van der Waals surface area (Å²) in [6.45, 7) is 3.31. The van der Waals surface area contributed by atoms with Crippen molar-refractivity contribution in [2.24, 2.45) is 0 Å². The molecule has 0 aliphatic carbocycles. The molecule has 1 aliphatic heterocycles. The summed E-state index contributed by atoms with van der Waals surface area (Å²) < 4.78 is 11.2. The van der Waals surface area contributed by atoms with Crippen LogP contribution in [0.4, 0.5) is 0 Å². The average Bonchev–Trinajstić information content (AvgIpc) is 3.37. The zero-order valence-corrected chi connectivity index (χ0v) is 18.0. The molecular weight excluding hydrogens is 402 g/mol. The van der Waals surface area contributed by atoms with Crippen molar-refractivity contribution in [1.82, 2.24) is 15.3 Å². The minimum absolute atomic E-state index is 0.0241. The number of pyridine rings is 1. The molecule has 0 spiro atoms. The molecule has 4 rings (SSSR count). The lowest BCUT2D eigenvalue weighted by Gasteiger charge is -2.24. The number of ether oxygens (including phenoxy) is 2. The van der Waals surface area contributed by atoms with E-state index < -0.39 is 0 Å². The number of halogens is 1. The number of benzene rings is 1. The van der Waals surface area contributed by atoms with Gasteiger partial charge in [-0.2, -0.15) is 0 Å². The first kappa shape index (κ1) is 20.7. The zero-order valence-electron chi connectivity index (χ0n) is 17.2. The molecule has 0 bridgehead atoms. The number of hydrogen-bond acceptors (Lipinski definition) is 4. The molecule has 2 N–H and O–H groups in total. The molecule has 0 saturated carbocycles. The molecule has 1 saturated heterocycles. The fraction of sp³-hybridized carbons (Fsp3) is 0.391. The van der Waals surface area contributed by atoms with Crippen molar-refractivity contribution in [2.45, 2.75) is 37.7 Å². The van der Waals surface area contributed by atoms with E-state index in [4.69, 9.17) is 21.1 Å². The van der Waals surface area contributed by atoms with Gasteiger partial charge in [0.25, 0.3) is 0 Å². The maximum Gasteiger partial charge on any atom is 0.221 e. The highest BCUT2D eigenvalue weighted by molar-refractivity contribution is 6.29. The second-order valence-corrected chi connectivity index (χ2v) is 8.39. The molecule has 2 aromatic heterocycles. The van der Waals surface area contributed by atoms with Crippen molar-refractivity contribution >= 4 is 28.4 Å². The monoisotopic (exact) mass is 427 g/mol. The Morgan fingerprint density at radius 1 is 1.40 bits per heavy atom. The van der Waals surface area contributed by atoms with E-state index in [0.717, 1.165) is 47.2 Å². The van der Waals surface area contributed by atoms with Crippen molar-refractivity contribution in [2.75, 3.05) is 20.3 Å². The highest BCUT2D eigenvalue weighted by Crippen LogP contribution is 2.35. The molecule has 1 fully saturated rings. The van der Waals surface area contributed by atoms with Crippen LogP contribution in [0, 0.1) is 0 Å². The lowest BCUT2D eigenvalue weighted by molar-refractivity contribution is -0.122. The van der Waals surface area contributed by atoms with E-state index in [-0.39, 0.29) is 17.4 Å². The minimum atomic E-state index is -0.277. The van der Waals surface area contributed by atoms with Crippen molar-refractivity contribution in [3.63, 3.8) is 0 Å². The summed E-state index contributed by atoms with van der Waals surface area (Å²) in [5, 5.41) is 4.51. The number of aromatic amines is 1. The predicted molar refractivity (Wildman–Crippen MR) is 117 cm³/mol. The van der Waals surface area contributed by atoms with Crippen LogP contribution < -0.4 is 10.1 Å². The maximum atomic E-state index is 12.9. The standard InChI is InChI=1S/C23H26ClN3O3/c1-23(8-3-9-30-23)14-27-22(28)11-17(15-4-7-21(24)26-12-15)19-13-25-20-6-5-16(29-2)10-18(19)20/h4-7,10,12-13,17,25H,3,8-9,11,14H2,1-2H3,(H,27,28). The van der Waals surface area contributed by atoms with Gasteiger partial charge in [0.15, 0.2) is 0 Å². The van der Waals surface area contributed by atoms with Gasteiger partial charge in [-0.05, 0) is 55.2 Å². The van der Waals surface area contributed by atoms with Gasteiger partial charge in [-0.1, -0.05) is 17.7 Å². The summed E-state index contributed by atoms with van der Waals surface area (Å²) in [7, 11) is 1.65. The number of nitrogens with one attached hydrogen (secondary N) is 2. The van der Waals surface area contributed by atoms with Crippen molar-refractivity contribution in [3.8, 4) is 5.75 Å². The number of aromatic nitrogens is 2. The Balaban J connectivity index is 1.62. The number of hydrogen-bond donors (Lipinski definition) is 2. The lowest BCUT2D eigenvalue weighted by Crippen LogP contribution is -2.40. The molecule has 1 amide bonds. The maximum absolute atomic E-state index is 12.9. The highest BCUT2D eigenvalue weighted by Gasteiger charge is 2.30. The molecule has 7 heteroatoms. The molecule has 2 unspecified atom stereocenters. The van der Waals surface area contributed by atoms with Crippen LogP contribution in [-0.2, 0) is 9.53 Å². The van der Waals surface area contributed by atoms with Gasteiger partial charge in [0.05, 0.1) is 12.7 Å². The number of rotatable bonds is 7.